The Balaban J connectivity index is 2.60. The summed E-state index contributed by atoms with van der Waals surface area (Å²) >= 11 is 0. The second kappa shape index (κ2) is 3.15. The fourth-order valence-corrected chi connectivity index (χ4v) is 3.54. The van der Waals surface area contributed by atoms with Gasteiger partial charge in [0.15, 0.2) is 5.78 Å². The first kappa shape index (κ1) is 12.7. The van der Waals surface area contributed by atoms with Crippen LogP contribution in [0.3, 0.4) is 0 Å². The second-order valence-corrected chi connectivity index (χ2v) is 7.49. The zero-order valence-corrected chi connectivity index (χ0v) is 11.8. The molecule has 0 aromatic carbocycles. The number of aliphatic hydroxyl groups excluding tert-OH is 1. The third kappa shape index (κ3) is 1.36. The van der Waals surface area contributed by atoms with Crippen molar-refractivity contribution >= 4 is 5.78 Å². The minimum atomic E-state index is -0.331. The van der Waals surface area contributed by atoms with E-state index in [2.05, 4.69) is 20.8 Å². The van der Waals surface area contributed by atoms with Gasteiger partial charge in [0.05, 0.1) is 0 Å². The second-order valence-electron chi connectivity index (χ2n) is 7.49. The van der Waals surface area contributed by atoms with Crippen LogP contribution in [-0.4, -0.2) is 10.9 Å². The summed E-state index contributed by atoms with van der Waals surface area (Å²) in [5.41, 5.74) is 0.100. The molecule has 2 heteroatoms. The lowest BCUT2D eigenvalue weighted by Crippen LogP contribution is -2.32. The van der Waals surface area contributed by atoms with Crippen molar-refractivity contribution in [2.45, 2.75) is 54.4 Å². The normalized spacial score (nSPS) is 38.7. The number of allylic oxidation sites excluding steroid dienone is 2. The quantitative estimate of drug-likeness (QED) is 0.512. The van der Waals surface area contributed by atoms with Gasteiger partial charge in [-0.2, -0.15) is 0 Å². The average Bonchev–Trinajstić information content (AvgIpc) is 2.47. The van der Waals surface area contributed by atoms with Crippen LogP contribution in [0.5, 0.6) is 0 Å². The molecule has 2 fully saturated rings. The number of carbonyl (C=O) groups excluding carboxylic acids is 1. The zero-order chi connectivity index (χ0) is 13.2. The van der Waals surface area contributed by atoms with Gasteiger partial charge in [-0.1, -0.05) is 41.5 Å². The summed E-state index contributed by atoms with van der Waals surface area (Å²) in [5.74, 6) is 0.731. The SMILES string of the molecule is CC(C)(C)/C(O)=C1/C(=O)[C@]2(C)CC[C@H]1C2(C)C. The Kier molecular flexibility index (Phi) is 2.35. The van der Waals surface area contributed by atoms with E-state index in [1.165, 1.54) is 0 Å². The van der Waals surface area contributed by atoms with E-state index in [0.29, 0.717) is 5.76 Å². The molecule has 0 saturated heterocycles. The van der Waals surface area contributed by atoms with Crippen LogP contribution in [0.4, 0.5) is 0 Å². The average molecular weight is 236 g/mol. The maximum Gasteiger partial charge on any atom is 0.168 e. The first-order chi connectivity index (χ1) is 7.53. The standard InChI is InChI=1S/C15H24O2/c1-13(2,3)11(16)10-9-7-8-15(6,12(10)17)14(9,4)5/h9,16H,7-8H2,1-6H3/b11-10-/t9-,15+/m1/s1. The largest absolute Gasteiger partial charge is 0.511 e. The van der Waals surface area contributed by atoms with Crippen LogP contribution in [0.15, 0.2) is 11.3 Å². The molecule has 2 saturated carbocycles. The third-order valence-electron chi connectivity index (χ3n) is 5.29. The van der Waals surface area contributed by atoms with Gasteiger partial charge in [-0.05, 0) is 24.2 Å². The van der Waals surface area contributed by atoms with Crippen molar-refractivity contribution in [3.05, 3.63) is 11.3 Å². The van der Waals surface area contributed by atoms with Crippen molar-refractivity contribution in [3.8, 4) is 0 Å². The van der Waals surface area contributed by atoms with Crippen LogP contribution in [0.25, 0.3) is 0 Å². The first-order valence-electron chi connectivity index (χ1n) is 6.52. The summed E-state index contributed by atoms with van der Waals surface area (Å²) in [7, 11) is 0. The number of ketones is 1. The molecule has 0 radical (unpaired) electrons. The smallest absolute Gasteiger partial charge is 0.168 e. The van der Waals surface area contributed by atoms with Crippen LogP contribution in [0, 0.1) is 22.2 Å². The zero-order valence-electron chi connectivity index (χ0n) is 11.8. The van der Waals surface area contributed by atoms with E-state index >= 15 is 0 Å². The van der Waals surface area contributed by atoms with E-state index in [1.807, 2.05) is 20.8 Å². The van der Waals surface area contributed by atoms with Crippen molar-refractivity contribution in [3.63, 3.8) is 0 Å². The van der Waals surface area contributed by atoms with E-state index in [1.54, 1.807) is 0 Å². The summed E-state index contributed by atoms with van der Waals surface area (Å²) in [5, 5.41) is 10.4. The number of hydrogen-bond donors (Lipinski definition) is 1. The van der Waals surface area contributed by atoms with Gasteiger partial charge in [0.2, 0.25) is 0 Å². The highest BCUT2D eigenvalue weighted by Gasteiger charge is 2.65. The van der Waals surface area contributed by atoms with Gasteiger partial charge < -0.3 is 5.11 Å². The summed E-state index contributed by atoms with van der Waals surface area (Å²) in [6.45, 7) is 12.3. The fraction of sp³-hybridized carbons (Fsp3) is 0.800. The van der Waals surface area contributed by atoms with Gasteiger partial charge in [-0.15, -0.1) is 0 Å². The Bertz CT molecular complexity index is 409. The molecule has 17 heavy (non-hydrogen) atoms. The van der Waals surface area contributed by atoms with Gasteiger partial charge in [0.1, 0.15) is 5.76 Å². The molecule has 2 rings (SSSR count). The summed E-state index contributed by atoms with van der Waals surface area (Å²) < 4.78 is 0. The van der Waals surface area contributed by atoms with Crippen LogP contribution >= 0.6 is 0 Å². The van der Waals surface area contributed by atoms with Crippen molar-refractivity contribution < 1.29 is 9.90 Å². The molecule has 2 bridgehead atoms. The van der Waals surface area contributed by atoms with E-state index in [-0.39, 0.29) is 27.9 Å². The van der Waals surface area contributed by atoms with Crippen LogP contribution in [-0.2, 0) is 4.79 Å². The van der Waals surface area contributed by atoms with Crippen molar-refractivity contribution in [1.82, 2.24) is 0 Å². The minimum Gasteiger partial charge on any atom is -0.511 e. The summed E-state index contributed by atoms with van der Waals surface area (Å²) in [6, 6.07) is 0. The van der Waals surface area contributed by atoms with Gasteiger partial charge in [0.25, 0.3) is 0 Å². The van der Waals surface area contributed by atoms with E-state index in [9.17, 15) is 9.90 Å². The molecule has 2 aliphatic rings. The molecule has 0 unspecified atom stereocenters. The molecule has 2 nitrogen and oxygen atoms in total. The Morgan fingerprint density at radius 1 is 1.29 bits per heavy atom. The number of rotatable bonds is 0. The van der Waals surface area contributed by atoms with Gasteiger partial charge in [-0.25, -0.2) is 0 Å². The highest BCUT2D eigenvalue weighted by molar-refractivity contribution is 6.05. The van der Waals surface area contributed by atoms with Crippen molar-refractivity contribution in [1.29, 1.82) is 0 Å². The van der Waals surface area contributed by atoms with Gasteiger partial charge >= 0.3 is 0 Å². The number of fused-ring (bicyclic) bond motifs is 2. The lowest BCUT2D eigenvalue weighted by molar-refractivity contribution is -0.125. The molecule has 0 heterocycles. The van der Waals surface area contributed by atoms with E-state index in [4.69, 9.17) is 0 Å². The molecule has 96 valence electrons. The number of aliphatic hydroxyl groups is 1. The maximum atomic E-state index is 12.6. The number of carbonyl (C=O) groups is 1. The van der Waals surface area contributed by atoms with E-state index < -0.39 is 0 Å². The molecular weight excluding hydrogens is 212 g/mol. The highest BCUT2D eigenvalue weighted by Crippen LogP contribution is 2.66. The first-order valence-corrected chi connectivity index (χ1v) is 6.52. The van der Waals surface area contributed by atoms with Crippen LogP contribution in [0.2, 0.25) is 0 Å². The maximum absolute atomic E-state index is 12.6. The lowest BCUT2D eigenvalue weighted by atomic mass is 9.70. The Hall–Kier alpha value is -0.790. The van der Waals surface area contributed by atoms with Crippen molar-refractivity contribution in [2.75, 3.05) is 0 Å². The van der Waals surface area contributed by atoms with Gasteiger partial charge in [0, 0.05) is 16.4 Å². The molecule has 0 aromatic rings. The lowest BCUT2D eigenvalue weighted by Gasteiger charge is -2.31. The number of hydrogen-bond acceptors (Lipinski definition) is 2. The molecule has 0 spiro atoms. The van der Waals surface area contributed by atoms with E-state index in [0.717, 1.165) is 18.4 Å². The van der Waals surface area contributed by atoms with Crippen LogP contribution in [0.1, 0.15) is 54.4 Å². The molecule has 0 amide bonds. The minimum absolute atomic E-state index is 0.0152. The topological polar surface area (TPSA) is 37.3 Å². The molecule has 1 N–H and O–H groups in total. The van der Waals surface area contributed by atoms with Gasteiger partial charge in [-0.3, -0.25) is 4.79 Å². The predicted molar refractivity (Wildman–Crippen MR) is 68.7 cm³/mol. The molecule has 0 aliphatic heterocycles. The van der Waals surface area contributed by atoms with Crippen LogP contribution < -0.4 is 0 Å². The summed E-state index contributed by atoms with van der Waals surface area (Å²) in [6.07, 6.45) is 2.00. The molecule has 2 aliphatic carbocycles. The molecule has 0 aromatic heterocycles. The summed E-state index contributed by atoms with van der Waals surface area (Å²) in [4.78, 5) is 12.6. The monoisotopic (exact) mass is 236 g/mol. The third-order valence-corrected chi connectivity index (χ3v) is 5.29. The van der Waals surface area contributed by atoms with Crippen molar-refractivity contribution in [2.24, 2.45) is 22.2 Å². The molecular formula is C15H24O2. The highest BCUT2D eigenvalue weighted by atomic mass is 16.3. The Morgan fingerprint density at radius 2 is 1.82 bits per heavy atom. The molecule has 2 atom stereocenters. The number of Topliss-reactive ketones (excluding diaryl/α,β-unsaturated/α-hetero) is 1. The Morgan fingerprint density at radius 3 is 2.18 bits per heavy atom. The Labute approximate surface area is 104 Å². The predicted octanol–water partition coefficient (Wildman–Crippen LogP) is 3.87. The fourth-order valence-electron chi connectivity index (χ4n) is 3.54.